The van der Waals surface area contributed by atoms with Crippen LogP contribution < -0.4 is 5.73 Å². The molecule has 0 saturated heterocycles. The van der Waals surface area contributed by atoms with Gasteiger partial charge in [-0.1, -0.05) is 0 Å². The number of rotatable bonds is 8. The highest BCUT2D eigenvalue weighted by atomic mass is 32.2. The SMILES string of the molecule is CSCCC(CN)N(Cc1ccco1)C1CC1. The van der Waals surface area contributed by atoms with Gasteiger partial charge in [0.25, 0.3) is 0 Å². The molecule has 1 unspecified atom stereocenters. The van der Waals surface area contributed by atoms with Crippen LogP contribution in [0.4, 0.5) is 0 Å². The summed E-state index contributed by atoms with van der Waals surface area (Å²) < 4.78 is 5.45. The highest BCUT2D eigenvalue weighted by Crippen LogP contribution is 2.31. The van der Waals surface area contributed by atoms with Crippen LogP contribution in [0.3, 0.4) is 0 Å². The largest absolute Gasteiger partial charge is 0.468 e. The van der Waals surface area contributed by atoms with E-state index in [1.54, 1.807) is 6.26 Å². The van der Waals surface area contributed by atoms with Gasteiger partial charge in [0.15, 0.2) is 0 Å². The molecule has 1 heterocycles. The zero-order chi connectivity index (χ0) is 12.1. The molecule has 0 aromatic carbocycles. The zero-order valence-electron chi connectivity index (χ0n) is 10.5. The number of hydrogen-bond acceptors (Lipinski definition) is 4. The van der Waals surface area contributed by atoms with Gasteiger partial charge >= 0.3 is 0 Å². The summed E-state index contributed by atoms with van der Waals surface area (Å²) in [5.41, 5.74) is 5.93. The Morgan fingerprint density at radius 2 is 2.41 bits per heavy atom. The molecule has 0 bridgehead atoms. The van der Waals surface area contributed by atoms with E-state index < -0.39 is 0 Å². The van der Waals surface area contributed by atoms with Crippen molar-refractivity contribution in [2.75, 3.05) is 18.6 Å². The van der Waals surface area contributed by atoms with Crippen LogP contribution in [0.2, 0.25) is 0 Å². The molecule has 3 nitrogen and oxygen atoms in total. The second kappa shape index (κ2) is 6.47. The van der Waals surface area contributed by atoms with Gasteiger partial charge in [0.2, 0.25) is 0 Å². The Morgan fingerprint density at radius 1 is 1.59 bits per heavy atom. The minimum absolute atomic E-state index is 0.500. The molecule has 96 valence electrons. The molecular formula is C13H22N2OS. The second-order valence-electron chi connectivity index (χ2n) is 4.65. The lowest BCUT2D eigenvalue weighted by atomic mass is 10.1. The topological polar surface area (TPSA) is 42.4 Å². The predicted molar refractivity (Wildman–Crippen MR) is 73.1 cm³/mol. The molecule has 1 atom stereocenters. The molecular weight excluding hydrogens is 232 g/mol. The Kier molecular flexibility index (Phi) is 4.95. The van der Waals surface area contributed by atoms with Crippen molar-refractivity contribution in [2.24, 2.45) is 5.73 Å². The van der Waals surface area contributed by atoms with Gasteiger partial charge in [-0.25, -0.2) is 0 Å². The van der Waals surface area contributed by atoms with Crippen molar-refractivity contribution in [1.82, 2.24) is 4.90 Å². The molecule has 0 amide bonds. The molecule has 2 rings (SSSR count). The molecule has 2 N–H and O–H groups in total. The lowest BCUT2D eigenvalue weighted by Gasteiger charge is -2.30. The molecule has 1 fully saturated rings. The van der Waals surface area contributed by atoms with Crippen molar-refractivity contribution in [3.05, 3.63) is 24.2 Å². The van der Waals surface area contributed by atoms with Gasteiger partial charge in [-0.3, -0.25) is 4.90 Å². The fourth-order valence-corrected chi connectivity index (χ4v) is 2.73. The van der Waals surface area contributed by atoms with E-state index in [1.165, 1.54) is 25.0 Å². The van der Waals surface area contributed by atoms with Gasteiger partial charge in [-0.2, -0.15) is 11.8 Å². The molecule has 1 aromatic rings. The van der Waals surface area contributed by atoms with E-state index in [2.05, 4.69) is 17.2 Å². The van der Waals surface area contributed by atoms with E-state index in [0.29, 0.717) is 6.04 Å². The third-order valence-corrected chi connectivity index (χ3v) is 3.97. The first kappa shape index (κ1) is 13.0. The maximum Gasteiger partial charge on any atom is 0.117 e. The van der Waals surface area contributed by atoms with Crippen molar-refractivity contribution in [2.45, 2.75) is 37.9 Å². The lowest BCUT2D eigenvalue weighted by molar-refractivity contribution is 0.164. The summed E-state index contributed by atoms with van der Waals surface area (Å²) >= 11 is 1.90. The minimum atomic E-state index is 0.500. The number of furan rings is 1. The first-order chi connectivity index (χ1) is 8.35. The molecule has 1 aliphatic carbocycles. The van der Waals surface area contributed by atoms with Gasteiger partial charge in [0.05, 0.1) is 12.8 Å². The Hall–Kier alpha value is -0.450. The Balaban J connectivity index is 1.94. The van der Waals surface area contributed by atoms with Gasteiger partial charge < -0.3 is 10.2 Å². The maximum atomic E-state index is 5.93. The van der Waals surface area contributed by atoms with E-state index in [0.717, 1.165) is 24.9 Å². The highest BCUT2D eigenvalue weighted by Gasteiger charge is 2.33. The Labute approximate surface area is 108 Å². The molecule has 1 aliphatic rings. The molecule has 1 saturated carbocycles. The van der Waals surface area contributed by atoms with Crippen LogP contribution in [-0.4, -0.2) is 35.5 Å². The van der Waals surface area contributed by atoms with Crippen LogP contribution in [-0.2, 0) is 6.54 Å². The Bertz CT molecular complexity index is 311. The monoisotopic (exact) mass is 254 g/mol. The fourth-order valence-electron chi connectivity index (χ4n) is 2.22. The van der Waals surface area contributed by atoms with Crippen LogP contribution >= 0.6 is 11.8 Å². The van der Waals surface area contributed by atoms with Crippen LogP contribution in [0, 0.1) is 0 Å². The summed E-state index contributed by atoms with van der Waals surface area (Å²) in [4.78, 5) is 2.54. The Morgan fingerprint density at radius 3 is 2.94 bits per heavy atom. The molecule has 0 aliphatic heterocycles. The van der Waals surface area contributed by atoms with E-state index >= 15 is 0 Å². The van der Waals surface area contributed by atoms with Crippen LogP contribution in [0.15, 0.2) is 22.8 Å². The molecule has 0 spiro atoms. The number of hydrogen-bond donors (Lipinski definition) is 1. The maximum absolute atomic E-state index is 5.93. The summed E-state index contributed by atoms with van der Waals surface area (Å²) in [6, 6.07) is 5.24. The minimum Gasteiger partial charge on any atom is -0.468 e. The van der Waals surface area contributed by atoms with Crippen LogP contribution in [0.5, 0.6) is 0 Å². The summed E-state index contributed by atoms with van der Waals surface area (Å²) in [6.45, 7) is 1.66. The molecule has 0 radical (unpaired) electrons. The third-order valence-electron chi connectivity index (χ3n) is 3.33. The number of nitrogens with zero attached hydrogens (tertiary/aromatic N) is 1. The van der Waals surface area contributed by atoms with E-state index in [1.807, 2.05) is 17.8 Å². The number of nitrogens with two attached hydrogens (primary N) is 1. The highest BCUT2D eigenvalue weighted by molar-refractivity contribution is 7.98. The first-order valence-electron chi connectivity index (χ1n) is 6.32. The van der Waals surface area contributed by atoms with E-state index in [9.17, 15) is 0 Å². The third kappa shape index (κ3) is 3.76. The zero-order valence-corrected chi connectivity index (χ0v) is 11.3. The van der Waals surface area contributed by atoms with Crippen molar-refractivity contribution < 1.29 is 4.42 Å². The van der Waals surface area contributed by atoms with Crippen LogP contribution in [0.1, 0.15) is 25.0 Å². The van der Waals surface area contributed by atoms with Crippen molar-refractivity contribution >= 4 is 11.8 Å². The summed E-state index contributed by atoms with van der Waals surface area (Å²) in [7, 11) is 0. The summed E-state index contributed by atoms with van der Waals surface area (Å²) in [6.07, 6.45) is 7.71. The first-order valence-corrected chi connectivity index (χ1v) is 7.71. The lowest BCUT2D eigenvalue weighted by Crippen LogP contribution is -2.42. The summed E-state index contributed by atoms with van der Waals surface area (Å²) in [5.74, 6) is 2.24. The smallest absolute Gasteiger partial charge is 0.117 e. The van der Waals surface area contributed by atoms with Crippen LogP contribution in [0.25, 0.3) is 0 Å². The molecule has 4 heteroatoms. The van der Waals surface area contributed by atoms with Crippen molar-refractivity contribution in [3.63, 3.8) is 0 Å². The molecule has 17 heavy (non-hydrogen) atoms. The van der Waals surface area contributed by atoms with Gasteiger partial charge in [-0.15, -0.1) is 0 Å². The van der Waals surface area contributed by atoms with Crippen molar-refractivity contribution in [1.29, 1.82) is 0 Å². The van der Waals surface area contributed by atoms with E-state index in [-0.39, 0.29) is 0 Å². The van der Waals surface area contributed by atoms with Gasteiger partial charge in [0.1, 0.15) is 5.76 Å². The van der Waals surface area contributed by atoms with Crippen molar-refractivity contribution in [3.8, 4) is 0 Å². The summed E-state index contributed by atoms with van der Waals surface area (Å²) in [5, 5.41) is 0. The average molecular weight is 254 g/mol. The predicted octanol–water partition coefficient (Wildman–Crippen LogP) is 2.32. The van der Waals surface area contributed by atoms with E-state index in [4.69, 9.17) is 10.2 Å². The second-order valence-corrected chi connectivity index (χ2v) is 5.64. The van der Waals surface area contributed by atoms with Gasteiger partial charge in [-0.05, 0) is 43.4 Å². The fraction of sp³-hybridized carbons (Fsp3) is 0.692. The standard InChI is InChI=1S/C13H22N2OS/c1-17-8-6-12(9-14)15(11-4-5-11)10-13-3-2-7-16-13/h2-3,7,11-12H,4-6,8-10,14H2,1H3. The quantitative estimate of drug-likeness (QED) is 0.773. The normalized spacial score (nSPS) is 17.6. The van der Waals surface area contributed by atoms with Gasteiger partial charge in [0, 0.05) is 18.6 Å². The molecule has 1 aromatic heterocycles. The average Bonchev–Trinajstić information content (AvgIpc) is 3.06. The number of thioether (sulfide) groups is 1.